The van der Waals surface area contributed by atoms with Crippen molar-refractivity contribution in [2.75, 3.05) is 5.32 Å². The first kappa shape index (κ1) is 13.4. The number of hydrogen-bond acceptors (Lipinski definition) is 3. The molecule has 2 aromatic heterocycles. The first-order valence-electron chi connectivity index (χ1n) is 6.30. The molecule has 106 valence electrons. The molecule has 21 heavy (non-hydrogen) atoms. The number of nitrogens with two attached hydrogens (primary N) is 1. The molecule has 3 aromatic rings. The largest absolute Gasteiger partial charge is 0.366 e. The van der Waals surface area contributed by atoms with Crippen molar-refractivity contribution in [2.24, 2.45) is 12.8 Å². The van der Waals surface area contributed by atoms with Crippen LogP contribution in [0, 0.1) is 0 Å². The van der Waals surface area contributed by atoms with Crippen LogP contribution in [0.25, 0.3) is 10.2 Å². The quantitative estimate of drug-likeness (QED) is 0.780. The number of primary amides is 1. The average molecular weight is 299 g/mol. The van der Waals surface area contributed by atoms with Crippen LogP contribution in [0.2, 0.25) is 0 Å². The Morgan fingerprint density at radius 1 is 1.19 bits per heavy atom. The van der Waals surface area contributed by atoms with E-state index in [0.29, 0.717) is 16.9 Å². The van der Waals surface area contributed by atoms with Crippen LogP contribution in [-0.4, -0.2) is 16.4 Å². The smallest absolute Gasteiger partial charge is 0.272 e. The normalized spacial score (nSPS) is 10.7. The van der Waals surface area contributed by atoms with Crippen LogP contribution in [-0.2, 0) is 7.05 Å². The summed E-state index contributed by atoms with van der Waals surface area (Å²) in [6, 6.07) is 10.3. The van der Waals surface area contributed by atoms with Crippen LogP contribution in [0.5, 0.6) is 0 Å². The molecule has 0 radical (unpaired) electrons. The van der Waals surface area contributed by atoms with Crippen LogP contribution in [0.4, 0.5) is 5.69 Å². The molecule has 1 aromatic carbocycles. The fourth-order valence-electron chi connectivity index (χ4n) is 2.18. The molecule has 0 aliphatic rings. The molecular weight excluding hydrogens is 286 g/mol. The molecule has 5 nitrogen and oxygen atoms in total. The SMILES string of the molecule is Cn1c(C(=O)Nc2ccc(C(N)=O)cc2)cc2sccc21. The minimum atomic E-state index is -0.490. The van der Waals surface area contributed by atoms with Gasteiger partial charge in [0.25, 0.3) is 5.91 Å². The van der Waals surface area contributed by atoms with Crippen molar-refractivity contribution in [1.82, 2.24) is 4.57 Å². The number of aryl methyl sites for hydroxylation is 1. The number of hydrogen-bond donors (Lipinski definition) is 2. The molecular formula is C15H13N3O2S. The number of nitrogens with one attached hydrogen (secondary N) is 1. The average Bonchev–Trinajstić information content (AvgIpc) is 3.03. The number of carbonyl (C=O) groups is 2. The first-order chi connectivity index (χ1) is 10.1. The molecule has 0 bridgehead atoms. The van der Waals surface area contributed by atoms with Crippen molar-refractivity contribution in [3.63, 3.8) is 0 Å². The molecule has 0 atom stereocenters. The van der Waals surface area contributed by atoms with Crippen molar-refractivity contribution in [1.29, 1.82) is 0 Å². The Morgan fingerprint density at radius 2 is 1.90 bits per heavy atom. The van der Waals surface area contributed by atoms with Crippen molar-refractivity contribution < 1.29 is 9.59 Å². The molecule has 0 saturated heterocycles. The number of thiophene rings is 1. The molecule has 3 N–H and O–H groups in total. The van der Waals surface area contributed by atoms with Crippen molar-refractivity contribution >= 4 is 39.1 Å². The zero-order valence-electron chi connectivity index (χ0n) is 11.3. The highest BCUT2D eigenvalue weighted by atomic mass is 32.1. The lowest BCUT2D eigenvalue weighted by Gasteiger charge is -2.07. The van der Waals surface area contributed by atoms with E-state index < -0.39 is 5.91 Å². The van der Waals surface area contributed by atoms with E-state index in [-0.39, 0.29) is 5.91 Å². The third-order valence-corrected chi connectivity index (χ3v) is 4.18. The number of benzene rings is 1. The Balaban J connectivity index is 1.84. The van der Waals surface area contributed by atoms with Gasteiger partial charge in [0.1, 0.15) is 5.69 Å². The van der Waals surface area contributed by atoms with Gasteiger partial charge in [-0.3, -0.25) is 9.59 Å². The van der Waals surface area contributed by atoms with Gasteiger partial charge in [-0.25, -0.2) is 0 Å². The van der Waals surface area contributed by atoms with E-state index in [2.05, 4.69) is 5.32 Å². The lowest BCUT2D eigenvalue weighted by Crippen LogP contribution is -2.16. The number of carbonyl (C=O) groups excluding carboxylic acids is 2. The van der Waals surface area contributed by atoms with Crippen molar-refractivity contribution in [2.45, 2.75) is 0 Å². The second-order valence-electron chi connectivity index (χ2n) is 4.65. The van der Waals surface area contributed by atoms with Crippen LogP contribution in [0.1, 0.15) is 20.8 Å². The van der Waals surface area contributed by atoms with Gasteiger partial charge in [0.15, 0.2) is 0 Å². The van der Waals surface area contributed by atoms with E-state index >= 15 is 0 Å². The first-order valence-corrected chi connectivity index (χ1v) is 7.18. The summed E-state index contributed by atoms with van der Waals surface area (Å²) < 4.78 is 2.94. The molecule has 0 fully saturated rings. The third kappa shape index (κ3) is 2.41. The molecule has 6 heteroatoms. The summed E-state index contributed by atoms with van der Waals surface area (Å²) in [7, 11) is 1.86. The van der Waals surface area contributed by atoms with Crippen molar-refractivity contribution in [3.05, 3.63) is 53.0 Å². The third-order valence-electron chi connectivity index (χ3n) is 3.32. The number of anilines is 1. The minimum Gasteiger partial charge on any atom is -0.366 e. The highest BCUT2D eigenvalue weighted by Gasteiger charge is 2.14. The lowest BCUT2D eigenvalue weighted by atomic mass is 10.2. The van der Waals surface area contributed by atoms with Crippen LogP contribution >= 0.6 is 11.3 Å². The summed E-state index contributed by atoms with van der Waals surface area (Å²) >= 11 is 1.60. The lowest BCUT2D eigenvalue weighted by molar-refractivity contribution is 0.0997. The molecule has 0 aliphatic heterocycles. The second kappa shape index (κ2) is 5.06. The summed E-state index contributed by atoms with van der Waals surface area (Å²) in [4.78, 5) is 23.3. The number of nitrogens with zero attached hydrogens (tertiary/aromatic N) is 1. The van der Waals surface area contributed by atoms with Gasteiger partial charge in [0, 0.05) is 18.3 Å². The highest BCUT2D eigenvalue weighted by molar-refractivity contribution is 7.17. The van der Waals surface area contributed by atoms with Gasteiger partial charge in [-0.1, -0.05) is 0 Å². The summed E-state index contributed by atoms with van der Waals surface area (Å²) in [5.41, 5.74) is 7.84. The molecule has 2 amide bonds. The zero-order chi connectivity index (χ0) is 15.0. The van der Waals surface area contributed by atoms with Gasteiger partial charge in [-0.05, 0) is 41.8 Å². The molecule has 0 unspecified atom stereocenters. The fraction of sp³-hybridized carbons (Fsp3) is 0.0667. The van der Waals surface area contributed by atoms with E-state index in [0.717, 1.165) is 10.2 Å². The van der Waals surface area contributed by atoms with Crippen LogP contribution in [0.3, 0.4) is 0 Å². The van der Waals surface area contributed by atoms with E-state index in [1.807, 2.05) is 29.1 Å². The Morgan fingerprint density at radius 3 is 2.52 bits per heavy atom. The zero-order valence-corrected chi connectivity index (χ0v) is 12.1. The number of amides is 2. The Hall–Kier alpha value is -2.60. The van der Waals surface area contributed by atoms with Crippen molar-refractivity contribution in [3.8, 4) is 0 Å². The van der Waals surface area contributed by atoms with E-state index in [9.17, 15) is 9.59 Å². The van der Waals surface area contributed by atoms with Gasteiger partial charge in [-0.15, -0.1) is 11.3 Å². The summed E-state index contributed by atoms with van der Waals surface area (Å²) in [5.74, 6) is -0.678. The van der Waals surface area contributed by atoms with Gasteiger partial charge in [0.2, 0.25) is 5.91 Å². The number of fused-ring (bicyclic) bond motifs is 1. The Kier molecular flexibility index (Phi) is 3.23. The highest BCUT2D eigenvalue weighted by Crippen LogP contribution is 2.24. The second-order valence-corrected chi connectivity index (χ2v) is 5.60. The van der Waals surface area contributed by atoms with Crippen LogP contribution < -0.4 is 11.1 Å². The maximum atomic E-state index is 12.3. The predicted octanol–water partition coefficient (Wildman–Crippen LogP) is 2.59. The minimum absolute atomic E-state index is 0.187. The Bertz CT molecular complexity index is 830. The fourth-order valence-corrected chi connectivity index (χ4v) is 3.03. The molecule has 3 rings (SSSR count). The summed E-state index contributed by atoms with van der Waals surface area (Å²) in [5, 5.41) is 4.80. The monoisotopic (exact) mass is 299 g/mol. The maximum Gasteiger partial charge on any atom is 0.272 e. The molecule has 2 heterocycles. The predicted molar refractivity (Wildman–Crippen MR) is 83.7 cm³/mol. The standard InChI is InChI=1S/C15H13N3O2S/c1-18-11-6-7-21-13(11)8-12(18)15(20)17-10-4-2-9(3-5-10)14(16)19/h2-8H,1H3,(H2,16,19)(H,17,20). The van der Waals surface area contributed by atoms with Crippen LogP contribution in [0.15, 0.2) is 41.8 Å². The van der Waals surface area contributed by atoms with Gasteiger partial charge < -0.3 is 15.6 Å². The Labute approximate surface area is 125 Å². The van der Waals surface area contributed by atoms with Gasteiger partial charge in [-0.2, -0.15) is 0 Å². The number of aromatic nitrogens is 1. The van der Waals surface area contributed by atoms with Gasteiger partial charge in [0.05, 0.1) is 10.2 Å². The summed E-state index contributed by atoms with van der Waals surface area (Å²) in [6.45, 7) is 0. The number of rotatable bonds is 3. The van der Waals surface area contributed by atoms with E-state index in [4.69, 9.17) is 5.73 Å². The molecule has 0 spiro atoms. The maximum absolute atomic E-state index is 12.3. The topological polar surface area (TPSA) is 77.1 Å². The molecule has 0 saturated carbocycles. The summed E-state index contributed by atoms with van der Waals surface area (Å²) in [6.07, 6.45) is 0. The van der Waals surface area contributed by atoms with E-state index in [1.165, 1.54) is 0 Å². The van der Waals surface area contributed by atoms with E-state index in [1.54, 1.807) is 35.6 Å². The molecule has 0 aliphatic carbocycles. The van der Waals surface area contributed by atoms with Gasteiger partial charge >= 0.3 is 0 Å².